The molecule has 3 heteroatoms. The van der Waals surface area contributed by atoms with Gasteiger partial charge in [0, 0.05) is 11.3 Å². The van der Waals surface area contributed by atoms with Gasteiger partial charge in [0.05, 0.1) is 5.02 Å². The van der Waals surface area contributed by atoms with Crippen LogP contribution in [-0.2, 0) is 0 Å². The van der Waals surface area contributed by atoms with Gasteiger partial charge in [-0.3, -0.25) is 4.79 Å². The minimum atomic E-state index is 0.398. The Labute approximate surface area is 63.6 Å². The molecular formula is C7H6ClNO. The molecule has 0 aliphatic rings. The molecule has 1 aromatic rings. The number of rotatable bonds is 1. The highest BCUT2D eigenvalue weighted by molar-refractivity contribution is 6.33. The van der Waals surface area contributed by atoms with Crippen molar-refractivity contribution in [1.29, 1.82) is 0 Å². The van der Waals surface area contributed by atoms with Gasteiger partial charge in [-0.05, 0) is 18.2 Å². The first kappa shape index (κ1) is 7.09. The van der Waals surface area contributed by atoms with Crippen molar-refractivity contribution in [1.82, 2.24) is 0 Å². The number of halogens is 1. The number of hydrogen-bond donors (Lipinski definition) is 1. The highest BCUT2D eigenvalue weighted by Crippen LogP contribution is 2.16. The van der Waals surface area contributed by atoms with Crippen molar-refractivity contribution in [2.75, 3.05) is 5.73 Å². The van der Waals surface area contributed by atoms with Crippen LogP contribution in [0.1, 0.15) is 10.4 Å². The van der Waals surface area contributed by atoms with E-state index in [-0.39, 0.29) is 0 Å². The third-order valence-electron chi connectivity index (χ3n) is 1.15. The zero-order valence-electron chi connectivity index (χ0n) is 5.17. The van der Waals surface area contributed by atoms with Crippen molar-refractivity contribution in [2.24, 2.45) is 0 Å². The summed E-state index contributed by atoms with van der Waals surface area (Å²) in [6.45, 7) is 0. The van der Waals surface area contributed by atoms with Crippen LogP contribution in [0, 0.1) is 0 Å². The summed E-state index contributed by atoms with van der Waals surface area (Å²) in [5.41, 5.74) is 6.42. The van der Waals surface area contributed by atoms with E-state index in [1.54, 1.807) is 18.2 Å². The fourth-order valence-electron chi connectivity index (χ4n) is 0.639. The number of nitrogen functional groups attached to an aromatic ring is 1. The van der Waals surface area contributed by atoms with Gasteiger partial charge in [-0.15, -0.1) is 0 Å². The van der Waals surface area contributed by atoms with Crippen molar-refractivity contribution >= 4 is 23.6 Å². The van der Waals surface area contributed by atoms with Gasteiger partial charge in [0.2, 0.25) is 0 Å². The van der Waals surface area contributed by atoms with E-state index < -0.39 is 0 Å². The van der Waals surface area contributed by atoms with Crippen LogP contribution in [0.4, 0.5) is 5.69 Å². The van der Waals surface area contributed by atoms with Crippen LogP contribution in [0.2, 0.25) is 5.02 Å². The number of carbonyl (C=O) groups is 1. The number of nitrogens with two attached hydrogens (primary N) is 1. The Kier molecular flexibility index (Phi) is 1.92. The fourth-order valence-corrected chi connectivity index (χ4v) is 0.872. The second-order valence-electron chi connectivity index (χ2n) is 1.90. The summed E-state index contributed by atoms with van der Waals surface area (Å²) in [7, 11) is 0. The lowest BCUT2D eigenvalue weighted by Crippen LogP contribution is -1.86. The van der Waals surface area contributed by atoms with E-state index in [1.807, 2.05) is 0 Å². The first-order valence-electron chi connectivity index (χ1n) is 2.74. The minimum absolute atomic E-state index is 0.398. The lowest BCUT2D eigenvalue weighted by Gasteiger charge is -1.95. The van der Waals surface area contributed by atoms with Crippen LogP contribution in [-0.4, -0.2) is 6.29 Å². The molecule has 0 radical (unpaired) electrons. The van der Waals surface area contributed by atoms with E-state index in [9.17, 15) is 4.79 Å². The summed E-state index contributed by atoms with van der Waals surface area (Å²) in [6, 6.07) is 4.77. The van der Waals surface area contributed by atoms with Crippen molar-refractivity contribution in [3.63, 3.8) is 0 Å². The lowest BCUT2D eigenvalue weighted by molar-refractivity contribution is 0.112. The molecule has 0 spiro atoms. The van der Waals surface area contributed by atoms with Gasteiger partial charge in [0.15, 0.2) is 6.29 Å². The molecule has 0 amide bonds. The lowest BCUT2D eigenvalue weighted by atomic mass is 10.2. The van der Waals surface area contributed by atoms with Crippen molar-refractivity contribution in [2.45, 2.75) is 0 Å². The molecule has 0 saturated carbocycles. The van der Waals surface area contributed by atoms with Crippen LogP contribution in [0.25, 0.3) is 0 Å². The number of hydrogen-bond acceptors (Lipinski definition) is 2. The van der Waals surface area contributed by atoms with Gasteiger partial charge in [-0.2, -0.15) is 0 Å². The smallest absolute Gasteiger partial charge is 0.151 e. The zero-order valence-corrected chi connectivity index (χ0v) is 5.93. The number of anilines is 1. The third-order valence-corrected chi connectivity index (χ3v) is 1.48. The summed E-state index contributed by atoms with van der Waals surface area (Å²) in [5, 5.41) is 0.398. The molecule has 10 heavy (non-hydrogen) atoms. The molecule has 0 heterocycles. The molecule has 0 unspecified atom stereocenters. The highest BCUT2D eigenvalue weighted by atomic mass is 35.5. The molecule has 0 aliphatic heterocycles. The number of aldehydes is 1. The Balaban J connectivity index is 3.19. The Morgan fingerprint density at radius 1 is 1.50 bits per heavy atom. The molecule has 0 bridgehead atoms. The maximum atomic E-state index is 10.2. The number of benzene rings is 1. The van der Waals surface area contributed by atoms with Crippen molar-refractivity contribution in [3.8, 4) is 0 Å². The zero-order chi connectivity index (χ0) is 7.56. The van der Waals surface area contributed by atoms with Crippen LogP contribution in [0.3, 0.4) is 0 Å². The Morgan fingerprint density at radius 3 is 2.70 bits per heavy atom. The van der Waals surface area contributed by atoms with Gasteiger partial charge < -0.3 is 5.73 Å². The van der Waals surface area contributed by atoms with Crippen LogP contribution in [0.5, 0.6) is 0 Å². The van der Waals surface area contributed by atoms with Gasteiger partial charge >= 0.3 is 0 Å². The molecule has 0 fully saturated rings. The minimum Gasteiger partial charge on any atom is -0.399 e. The fraction of sp³-hybridized carbons (Fsp3) is 0. The molecule has 52 valence electrons. The number of carbonyl (C=O) groups excluding carboxylic acids is 1. The molecule has 1 aromatic carbocycles. The molecular weight excluding hydrogens is 150 g/mol. The molecule has 0 aliphatic carbocycles. The summed E-state index contributed by atoms with van der Waals surface area (Å²) in [6.07, 6.45) is 0.696. The van der Waals surface area contributed by atoms with Crippen LogP contribution in [0.15, 0.2) is 18.2 Å². The first-order chi connectivity index (χ1) is 4.74. The van der Waals surface area contributed by atoms with Gasteiger partial charge in [-0.1, -0.05) is 11.6 Å². The van der Waals surface area contributed by atoms with E-state index in [2.05, 4.69) is 0 Å². The van der Waals surface area contributed by atoms with E-state index >= 15 is 0 Å². The Morgan fingerprint density at radius 2 is 2.20 bits per heavy atom. The van der Waals surface area contributed by atoms with Gasteiger partial charge in [-0.25, -0.2) is 0 Å². The largest absolute Gasteiger partial charge is 0.399 e. The summed E-state index contributed by atoms with van der Waals surface area (Å²) in [4.78, 5) is 10.2. The predicted molar refractivity (Wildman–Crippen MR) is 41.3 cm³/mol. The van der Waals surface area contributed by atoms with Crippen molar-refractivity contribution < 1.29 is 4.79 Å². The molecule has 0 atom stereocenters. The SMILES string of the molecule is Nc1ccc(C=O)c(Cl)c1. The molecule has 2 nitrogen and oxygen atoms in total. The predicted octanol–water partition coefficient (Wildman–Crippen LogP) is 1.73. The maximum Gasteiger partial charge on any atom is 0.151 e. The van der Waals surface area contributed by atoms with Crippen LogP contribution < -0.4 is 5.73 Å². The second-order valence-corrected chi connectivity index (χ2v) is 2.31. The topological polar surface area (TPSA) is 43.1 Å². The average molecular weight is 156 g/mol. The van der Waals surface area contributed by atoms with Crippen molar-refractivity contribution in [3.05, 3.63) is 28.8 Å². The van der Waals surface area contributed by atoms with E-state index in [0.717, 1.165) is 0 Å². The molecule has 0 saturated heterocycles. The third kappa shape index (κ3) is 1.28. The summed E-state index contributed by atoms with van der Waals surface area (Å²) in [5.74, 6) is 0. The standard InChI is InChI=1S/C7H6ClNO/c8-7-3-6(9)2-1-5(7)4-10/h1-4H,9H2. The first-order valence-corrected chi connectivity index (χ1v) is 3.12. The average Bonchev–Trinajstić information content (AvgIpc) is 1.88. The quantitative estimate of drug-likeness (QED) is 0.496. The summed E-state index contributed by atoms with van der Waals surface area (Å²) >= 11 is 5.62. The molecule has 1 rings (SSSR count). The van der Waals surface area contributed by atoms with E-state index in [4.69, 9.17) is 17.3 Å². The molecule has 2 N–H and O–H groups in total. The normalized spacial score (nSPS) is 9.30. The van der Waals surface area contributed by atoms with Crippen LogP contribution >= 0.6 is 11.6 Å². The maximum absolute atomic E-state index is 10.2. The Hall–Kier alpha value is -1.02. The van der Waals surface area contributed by atoms with Gasteiger partial charge in [0.25, 0.3) is 0 Å². The van der Waals surface area contributed by atoms with E-state index in [1.165, 1.54) is 0 Å². The van der Waals surface area contributed by atoms with Gasteiger partial charge in [0.1, 0.15) is 0 Å². The Bertz CT molecular complexity index is 260. The second kappa shape index (κ2) is 2.71. The highest BCUT2D eigenvalue weighted by Gasteiger charge is 1.96. The molecule has 0 aromatic heterocycles. The monoisotopic (exact) mass is 155 g/mol. The van der Waals surface area contributed by atoms with E-state index in [0.29, 0.717) is 22.6 Å². The summed E-state index contributed by atoms with van der Waals surface area (Å²) < 4.78 is 0.